The Hall–Kier alpha value is -3.21. The number of nitrogens with one attached hydrogen (secondary N) is 2. The molecule has 0 aliphatic carbocycles. The van der Waals surface area contributed by atoms with Crippen LogP contribution in [-0.4, -0.2) is 18.4 Å². The Bertz CT molecular complexity index is 964. The van der Waals surface area contributed by atoms with Gasteiger partial charge in [-0.2, -0.15) is 0 Å². The van der Waals surface area contributed by atoms with Crippen LogP contribution in [0.3, 0.4) is 0 Å². The minimum Gasteiger partial charge on any atom is -0.347 e. The fourth-order valence-corrected chi connectivity index (χ4v) is 2.78. The Morgan fingerprint density at radius 2 is 1.73 bits per heavy atom. The number of carbonyl (C=O) groups is 2. The first-order valence-corrected chi connectivity index (χ1v) is 8.32. The molecule has 132 valence electrons. The second-order valence-corrected chi connectivity index (χ2v) is 6.12. The molecule has 26 heavy (non-hydrogen) atoms. The fourth-order valence-electron chi connectivity index (χ4n) is 2.78. The molecule has 0 saturated carbocycles. The molecular weight excluding hydrogens is 331 g/mol. The monoisotopic (exact) mass is 350 g/mol. The zero-order valence-corrected chi connectivity index (χ0v) is 14.4. The molecule has 0 fully saturated rings. The molecule has 0 aromatic heterocycles. The summed E-state index contributed by atoms with van der Waals surface area (Å²) in [5.41, 5.74) is 1.76. The van der Waals surface area contributed by atoms with E-state index in [-0.39, 0.29) is 24.6 Å². The van der Waals surface area contributed by atoms with Crippen molar-refractivity contribution in [3.8, 4) is 0 Å². The molecule has 0 radical (unpaired) electrons. The van der Waals surface area contributed by atoms with Gasteiger partial charge < -0.3 is 10.6 Å². The third-order valence-corrected chi connectivity index (χ3v) is 4.08. The Balaban J connectivity index is 1.57. The topological polar surface area (TPSA) is 58.2 Å². The first-order valence-electron chi connectivity index (χ1n) is 8.32. The first-order chi connectivity index (χ1) is 12.5. The van der Waals surface area contributed by atoms with E-state index < -0.39 is 11.7 Å². The van der Waals surface area contributed by atoms with Gasteiger partial charge >= 0.3 is 0 Å². The van der Waals surface area contributed by atoms with Crippen molar-refractivity contribution in [1.82, 2.24) is 5.32 Å². The summed E-state index contributed by atoms with van der Waals surface area (Å²) in [6.07, 6.45) is 0.174. The van der Waals surface area contributed by atoms with Gasteiger partial charge in [-0.1, -0.05) is 48.5 Å². The summed E-state index contributed by atoms with van der Waals surface area (Å²) in [7, 11) is 0. The van der Waals surface area contributed by atoms with E-state index in [1.807, 2.05) is 42.5 Å². The molecule has 5 heteroatoms. The number of rotatable bonds is 5. The second kappa shape index (κ2) is 7.78. The van der Waals surface area contributed by atoms with Crippen LogP contribution in [0.5, 0.6) is 0 Å². The van der Waals surface area contributed by atoms with E-state index in [2.05, 4.69) is 10.6 Å². The Morgan fingerprint density at radius 1 is 0.962 bits per heavy atom. The number of hydrogen-bond acceptors (Lipinski definition) is 2. The van der Waals surface area contributed by atoms with E-state index >= 15 is 0 Å². The number of amides is 2. The molecule has 0 aliphatic heterocycles. The van der Waals surface area contributed by atoms with Gasteiger partial charge in [-0.15, -0.1) is 0 Å². The van der Waals surface area contributed by atoms with Crippen LogP contribution >= 0.6 is 0 Å². The average molecular weight is 350 g/mol. The lowest BCUT2D eigenvalue weighted by Crippen LogP contribution is -2.34. The Kier molecular flexibility index (Phi) is 5.27. The standard InChI is InChI=1S/C21H19FN2O2/c1-14-9-10-19(18(22)11-14)24-21(26)13-23-20(25)12-16-7-4-6-15-5-2-3-8-17(15)16/h2-11H,12-13H2,1H3,(H,23,25)(H,24,26). The van der Waals surface area contributed by atoms with Gasteiger partial charge in [0.2, 0.25) is 11.8 Å². The molecule has 0 atom stereocenters. The molecule has 0 aliphatic rings. The van der Waals surface area contributed by atoms with Gasteiger partial charge in [0, 0.05) is 0 Å². The van der Waals surface area contributed by atoms with Gasteiger partial charge in [0.15, 0.2) is 0 Å². The second-order valence-electron chi connectivity index (χ2n) is 6.12. The SMILES string of the molecule is Cc1ccc(NC(=O)CNC(=O)Cc2cccc3ccccc23)c(F)c1. The molecular formula is C21H19FN2O2. The van der Waals surface area contributed by atoms with Crippen LogP contribution in [0.15, 0.2) is 60.7 Å². The van der Waals surface area contributed by atoms with Crippen LogP contribution in [0.4, 0.5) is 10.1 Å². The molecule has 0 saturated heterocycles. The number of anilines is 1. The molecule has 0 bridgehead atoms. The molecule has 3 rings (SSSR count). The highest BCUT2D eigenvalue weighted by molar-refractivity contribution is 5.96. The first kappa shape index (κ1) is 17.6. The fraction of sp³-hybridized carbons (Fsp3) is 0.143. The lowest BCUT2D eigenvalue weighted by molar-refractivity contribution is -0.123. The van der Waals surface area contributed by atoms with Crippen LogP contribution in [0.2, 0.25) is 0 Å². The number of hydrogen-bond donors (Lipinski definition) is 2. The van der Waals surface area contributed by atoms with Crippen molar-refractivity contribution in [1.29, 1.82) is 0 Å². The van der Waals surface area contributed by atoms with Crippen molar-refractivity contribution in [3.05, 3.63) is 77.6 Å². The van der Waals surface area contributed by atoms with Gasteiger partial charge in [-0.25, -0.2) is 4.39 Å². The number of aryl methyl sites for hydroxylation is 1. The third-order valence-electron chi connectivity index (χ3n) is 4.08. The van der Waals surface area contributed by atoms with Crippen molar-refractivity contribution in [2.45, 2.75) is 13.3 Å². The van der Waals surface area contributed by atoms with Crippen LogP contribution in [0, 0.1) is 12.7 Å². The summed E-state index contributed by atoms with van der Waals surface area (Å²) in [5.74, 6) is -1.24. The summed E-state index contributed by atoms with van der Waals surface area (Å²) >= 11 is 0. The van der Waals surface area contributed by atoms with Crippen LogP contribution in [0.1, 0.15) is 11.1 Å². The molecule has 4 nitrogen and oxygen atoms in total. The van der Waals surface area contributed by atoms with Gasteiger partial charge in [-0.3, -0.25) is 9.59 Å². The zero-order valence-electron chi connectivity index (χ0n) is 14.4. The molecule has 0 unspecified atom stereocenters. The Morgan fingerprint density at radius 3 is 2.54 bits per heavy atom. The van der Waals surface area contributed by atoms with Crippen molar-refractivity contribution in [2.75, 3.05) is 11.9 Å². The Labute approximate surface area is 151 Å². The van der Waals surface area contributed by atoms with E-state index in [9.17, 15) is 14.0 Å². The highest BCUT2D eigenvalue weighted by Gasteiger charge is 2.10. The number of benzene rings is 3. The summed E-state index contributed by atoms with van der Waals surface area (Å²) < 4.78 is 13.7. The smallest absolute Gasteiger partial charge is 0.243 e. The summed E-state index contributed by atoms with van der Waals surface area (Å²) in [4.78, 5) is 24.1. The maximum absolute atomic E-state index is 13.7. The van der Waals surface area contributed by atoms with Crippen molar-refractivity contribution in [3.63, 3.8) is 0 Å². The largest absolute Gasteiger partial charge is 0.347 e. The van der Waals surface area contributed by atoms with Gasteiger partial charge in [0.05, 0.1) is 18.7 Å². The zero-order chi connectivity index (χ0) is 18.5. The predicted molar refractivity (Wildman–Crippen MR) is 100 cm³/mol. The van der Waals surface area contributed by atoms with Crippen LogP contribution < -0.4 is 10.6 Å². The number of carbonyl (C=O) groups excluding carboxylic acids is 2. The molecule has 3 aromatic carbocycles. The summed E-state index contributed by atoms with van der Waals surface area (Å²) in [6, 6.07) is 18.1. The normalized spacial score (nSPS) is 10.5. The van der Waals surface area contributed by atoms with Gasteiger partial charge in [0.25, 0.3) is 0 Å². The van der Waals surface area contributed by atoms with E-state index in [4.69, 9.17) is 0 Å². The predicted octanol–water partition coefficient (Wildman–Crippen LogP) is 3.58. The van der Waals surface area contributed by atoms with Crippen LogP contribution in [-0.2, 0) is 16.0 Å². The van der Waals surface area contributed by atoms with Crippen molar-refractivity contribution in [2.24, 2.45) is 0 Å². The van der Waals surface area contributed by atoms with E-state index in [0.29, 0.717) is 0 Å². The molecule has 3 aromatic rings. The van der Waals surface area contributed by atoms with E-state index in [0.717, 1.165) is 21.9 Å². The minimum atomic E-state index is -0.500. The average Bonchev–Trinajstić information content (AvgIpc) is 2.63. The molecule has 0 spiro atoms. The maximum Gasteiger partial charge on any atom is 0.243 e. The highest BCUT2D eigenvalue weighted by atomic mass is 19.1. The van der Waals surface area contributed by atoms with Crippen molar-refractivity contribution < 1.29 is 14.0 Å². The van der Waals surface area contributed by atoms with Crippen LogP contribution in [0.25, 0.3) is 10.8 Å². The van der Waals surface area contributed by atoms with E-state index in [1.165, 1.54) is 12.1 Å². The molecule has 2 N–H and O–H groups in total. The summed E-state index contributed by atoms with van der Waals surface area (Å²) in [5, 5.41) is 7.10. The lowest BCUT2D eigenvalue weighted by Gasteiger charge is -2.09. The number of fused-ring (bicyclic) bond motifs is 1. The molecule has 2 amide bonds. The maximum atomic E-state index is 13.7. The molecule has 0 heterocycles. The van der Waals surface area contributed by atoms with Gasteiger partial charge in [-0.05, 0) is 41.0 Å². The highest BCUT2D eigenvalue weighted by Crippen LogP contribution is 2.19. The lowest BCUT2D eigenvalue weighted by atomic mass is 10.0. The quantitative estimate of drug-likeness (QED) is 0.739. The van der Waals surface area contributed by atoms with E-state index in [1.54, 1.807) is 13.0 Å². The minimum absolute atomic E-state index is 0.101. The third kappa shape index (κ3) is 4.25. The van der Waals surface area contributed by atoms with Crippen molar-refractivity contribution >= 4 is 28.3 Å². The van der Waals surface area contributed by atoms with Gasteiger partial charge in [0.1, 0.15) is 5.82 Å². The summed E-state index contributed by atoms with van der Waals surface area (Å²) in [6.45, 7) is 1.55. The number of halogens is 1.